The average molecular weight is 529 g/mol. The summed E-state index contributed by atoms with van der Waals surface area (Å²) in [5, 5.41) is 0.506. The molecule has 0 aromatic heterocycles. The molecular formula is C14H4Cl2I2O2. The summed E-state index contributed by atoms with van der Waals surface area (Å²) in [5.41, 5.74) is 1.24. The van der Waals surface area contributed by atoms with Crippen LogP contribution >= 0.6 is 68.4 Å². The van der Waals surface area contributed by atoms with Gasteiger partial charge in [-0.15, -0.1) is 0 Å². The van der Waals surface area contributed by atoms with Crippen LogP contribution in [0.2, 0.25) is 10.0 Å². The SMILES string of the molecule is O=C1c2c(Cl)ccc(Cl)c2C(=O)c2c(I)ccc(I)c21. The molecule has 0 N–H and O–H groups in total. The van der Waals surface area contributed by atoms with E-state index in [1.807, 2.05) is 12.1 Å². The fraction of sp³-hybridized carbons (Fsp3) is 0. The molecule has 1 aliphatic rings. The van der Waals surface area contributed by atoms with E-state index in [0.717, 1.165) is 7.14 Å². The molecule has 2 nitrogen and oxygen atoms in total. The van der Waals surface area contributed by atoms with E-state index in [2.05, 4.69) is 45.2 Å². The first-order chi connectivity index (χ1) is 9.43. The van der Waals surface area contributed by atoms with Gasteiger partial charge in [-0.25, -0.2) is 0 Å². The van der Waals surface area contributed by atoms with Gasteiger partial charge in [0.25, 0.3) is 0 Å². The molecule has 0 saturated heterocycles. The maximum atomic E-state index is 12.7. The fourth-order valence-corrected chi connectivity index (χ4v) is 4.12. The van der Waals surface area contributed by atoms with Crippen molar-refractivity contribution in [1.82, 2.24) is 0 Å². The van der Waals surface area contributed by atoms with Crippen LogP contribution in [0, 0.1) is 7.14 Å². The molecule has 20 heavy (non-hydrogen) atoms. The Balaban J connectivity index is 2.46. The summed E-state index contributed by atoms with van der Waals surface area (Å²) in [6.45, 7) is 0. The van der Waals surface area contributed by atoms with Gasteiger partial charge in [0.05, 0.1) is 21.2 Å². The van der Waals surface area contributed by atoms with Crippen molar-refractivity contribution in [3.05, 3.63) is 63.7 Å². The predicted octanol–water partition coefficient (Wildman–Crippen LogP) is 4.98. The molecule has 0 fully saturated rings. The molecule has 0 radical (unpaired) electrons. The van der Waals surface area contributed by atoms with Crippen molar-refractivity contribution in [3.8, 4) is 0 Å². The highest BCUT2D eigenvalue weighted by molar-refractivity contribution is 14.1. The zero-order valence-electron chi connectivity index (χ0n) is 9.64. The van der Waals surface area contributed by atoms with Crippen molar-refractivity contribution in [2.75, 3.05) is 0 Å². The average Bonchev–Trinajstić information content (AvgIpc) is 2.41. The molecule has 3 rings (SSSR count). The Morgan fingerprint density at radius 1 is 0.650 bits per heavy atom. The number of rotatable bonds is 0. The first kappa shape index (κ1) is 14.7. The van der Waals surface area contributed by atoms with Crippen molar-refractivity contribution < 1.29 is 9.59 Å². The van der Waals surface area contributed by atoms with Crippen LogP contribution in [-0.4, -0.2) is 11.6 Å². The molecule has 100 valence electrons. The summed E-state index contributed by atoms with van der Waals surface area (Å²) in [6.07, 6.45) is 0. The molecule has 0 aliphatic heterocycles. The predicted molar refractivity (Wildman–Crippen MR) is 95.2 cm³/mol. The Bertz CT molecular complexity index is 671. The van der Waals surface area contributed by atoms with Crippen LogP contribution in [0.1, 0.15) is 31.8 Å². The Labute approximate surface area is 152 Å². The van der Waals surface area contributed by atoms with Gasteiger partial charge in [0.15, 0.2) is 11.6 Å². The summed E-state index contributed by atoms with van der Waals surface area (Å²) in [5.74, 6) is -0.491. The molecule has 0 amide bonds. The van der Waals surface area contributed by atoms with E-state index < -0.39 is 0 Å². The largest absolute Gasteiger partial charge is 0.288 e. The number of hydrogen-bond donors (Lipinski definition) is 0. The second-order valence-corrected chi connectivity index (χ2v) is 7.36. The number of carbonyl (C=O) groups excluding carboxylic acids is 2. The van der Waals surface area contributed by atoms with E-state index in [-0.39, 0.29) is 32.7 Å². The maximum absolute atomic E-state index is 12.7. The van der Waals surface area contributed by atoms with Gasteiger partial charge in [-0.1, -0.05) is 23.2 Å². The number of ketones is 2. The Hall–Kier alpha value is -0.180. The second kappa shape index (κ2) is 5.23. The van der Waals surface area contributed by atoms with Gasteiger partial charge >= 0.3 is 0 Å². The van der Waals surface area contributed by atoms with E-state index in [4.69, 9.17) is 23.2 Å². The normalized spacial score (nSPS) is 13.2. The van der Waals surface area contributed by atoms with Gasteiger partial charge in [0, 0.05) is 18.3 Å². The van der Waals surface area contributed by atoms with E-state index in [9.17, 15) is 9.59 Å². The Morgan fingerprint density at radius 2 is 1.00 bits per heavy atom. The van der Waals surface area contributed by atoms with Crippen molar-refractivity contribution >= 4 is 80.0 Å². The molecule has 0 spiro atoms. The Morgan fingerprint density at radius 3 is 1.35 bits per heavy atom. The minimum absolute atomic E-state index is 0.205. The highest BCUT2D eigenvalue weighted by atomic mass is 127. The molecule has 2 aromatic rings. The summed E-state index contributed by atoms with van der Waals surface area (Å²) < 4.78 is 1.47. The van der Waals surface area contributed by atoms with Crippen LogP contribution in [0.4, 0.5) is 0 Å². The molecule has 0 atom stereocenters. The van der Waals surface area contributed by atoms with E-state index in [0.29, 0.717) is 11.1 Å². The molecule has 6 heteroatoms. The number of halogens is 4. The third-order valence-electron chi connectivity index (χ3n) is 3.12. The van der Waals surface area contributed by atoms with E-state index in [1.165, 1.54) is 0 Å². The first-order valence-corrected chi connectivity index (χ1v) is 8.40. The third kappa shape index (κ3) is 2.03. The summed E-state index contributed by atoms with van der Waals surface area (Å²) in [6, 6.07) is 6.71. The van der Waals surface area contributed by atoms with Gasteiger partial charge in [0.1, 0.15) is 0 Å². The lowest BCUT2D eigenvalue weighted by molar-refractivity contribution is 0.0978. The topological polar surface area (TPSA) is 34.1 Å². The monoisotopic (exact) mass is 528 g/mol. The summed E-state index contributed by atoms with van der Waals surface area (Å²) in [4.78, 5) is 25.4. The van der Waals surface area contributed by atoms with Crippen molar-refractivity contribution in [2.24, 2.45) is 0 Å². The first-order valence-electron chi connectivity index (χ1n) is 5.49. The van der Waals surface area contributed by atoms with Gasteiger partial charge in [0.2, 0.25) is 0 Å². The van der Waals surface area contributed by atoms with Crippen LogP contribution < -0.4 is 0 Å². The standard InChI is InChI=1S/C14H4Cl2I2O2/c15-5-1-2-6(16)10-9(5)13(19)11-7(17)3-4-8(18)12(11)14(10)20/h1-4H. The Kier molecular flexibility index (Phi) is 3.85. The van der Waals surface area contributed by atoms with E-state index in [1.54, 1.807) is 12.1 Å². The lowest BCUT2D eigenvalue weighted by Gasteiger charge is -2.21. The van der Waals surface area contributed by atoms with Crippen molar-refractivity contribution in [3.63, 3.8) is 0 Å². The molecule has 0 saturated carbocycles. The van der Waals surface area contributed by atoms with Crippen molar-refractivity contribution in [2.45, 2.75) is 0 Å². The third-order valence-corrected chi connectivity index (χ3v) is 5.54. The molecule has 0 heterocycles. The van der Waals surface area contributed by atoms with Gasteiger partial charge < -0.3 is 0 Å². The van der Waals surface area contributed by atoms with Crippen LogP contribution in [0.15, 0.2) is 24.3 Å². The minimum Gasteiger partial charge on any atom is -0.288 e. The van der Waals surface area contributed by atoms with Crippen LogP contribution in [-0.2, 0) is 0 Å². The lowest BCUT2D eigenvalue weighted by atomic mass is 9.84. The van der Waals surface area contributed by atoms with Crippen LogP contribution in [0.3, 0.4) is 0 Å². The highest BCUT2D eigenvalue weighted by Crippen LogP contribution is 2.38. The molecule has 2 aromatic carbocycles. The number of fused-ring (bicyclic) bond motifs is 2. The van der Waals surface area contributed by atoms with Crippen LogP contribution in [0.5, 0.6) is 0 Å². The molecule has 0 unspecified atom stereocenters. The maximum Gasteiger partial charge on any atom is 0.197 e. The molecule has 1 aliphatic carbocycles. The number of hydrogen-bond acceptors (Lipinski definition) is 2. The number of benzene rings is 2. The molecule has 0 bridgehead atoms. The second-order valence-electron chi connectivity index (χ2n) is 4.22. The van der Waals surface area contributed by atoms with Crippen molar-refractivity contribution in [1.29, 1.82) is 0 Å². The summed E-state index contributed by atoms with van der Waals surface area (Å²) >= 11 is 16.3. The minimum atomic E-state index is -0.245. The smallest absolute Gasteiger partial charge is 0.197 e. The summed E-state index contributed by atoms with van der Waals surface area (Å²) in [7, 11) is 0. The lowest BCUT2D eigenvalue weighted by Crippen LogP contribution is -2.24. The number of carbonyl (C=O) groups is 2. The highest BCUT2D eigenvalue weighted by Gasteiger charge is 2.36. The van der Waals surface area contributed by atoms with Gasteiger partial charge in [-0.05, 0) is 69.4 Å². The van der Waals surface area contributed by atoms with Gasteiger partial charge in [-0.3, -0.25) is 9.59 Å². The molecular weight excluding hydrogens is 525 g/mol. The quantitative estimate of drug-likeness (QED) is 0.386. The zero-order chi connectivity index (χ0) is 14.6. The van der Waals surface area contributed by atoms with Gasteiger partial charge in [-0.2, -0.15) is 0 Å². The van der Waals surface area contributed by atoms with E-state index >= 15 is 0 Å². The zero-order valence-corrected chi connectivity index (χ0v) is 15.5. The van der Waals surface area contributed by atoms with Crippen LogP contribution in [0.25, 0.3) is 0 Å². The fourth-order valence-electron chi connectivity index (χ4n) is 2.24.